The molecule has 0 bridgehead atoms. The first-order valence-electron chi connectivity index (χ1n) is 44.6. The number of nitrogens with two attached hydrogens (primary N) is 3. The van der Waals surface area contributed by atoms with Gasteiger partial charge in [0.25, 0.3) is 0 Å². The standard InChI is InChI=1S/C93H119F3N18O22S/c1-7-8-23-71(92(135)114-47-59(118)41-73(114)88(131)107-68(42-80(124)125)87(130)109-82(51(2)3)93(136)111(5)72(38-52-17-11-9-12-18-52)75(119)44-101-65(29-31-77(98)121)90(133)113-33-32-58(117)46-113)110(4)91(134)74(39-53-19-13-10-14-20-53)112(6)89(132)69(37-55-34-61(94)81(96)62(95)35-55)104-79(123)49-137-48-70(83(126)102-45-78(99)122)108-84(127)64(28-30-76(97)120)105-86(129)67(36-54-24-26-57(116)27-25-54)106-85(128)66(103-50-115)40-56-43-100-63-22-16-15-21-60(56)63/h9-22,24-27,34-35,43,50-51,58-59,64-74,82,100-101,116-118H,7-8,23,28-33,36-42,44-49H2,1-6H3,(H2,97,120)(H2,98,121)(H2,99,122)(H,102,126)(H,103,115)(H,104,123)(H,105,129)(H,106,128)(H,107,131)(H,108,127)(H,109,130)(H,124,125)/t58-,59-,64+,65+,66+,67+,68+,69+,70+,71+,72+,73-,74+,82+/m1/s1. The molecule has 40 nitrogen and oxygen atoms in total. The quantitative estimate of drug-likeness (QED) is 0.0154. The lowest BCUT2D eigenvalue weighted by atomic mass is 9.97. The average molecular weight is 1930 g/mol. The zero-order valence-electron chi connectivity index (χ0n) is 76.6. The summed E-state index contributed by atoms with van der Waals surface area (Å²) in [6.07, 6.45) is -4.39. The van der Waals surface area contributed by atoms with Crippen molar-refractivity contribution >= 4 is 129 Å². The number of aromatic nitrogens is 1. The normalized spacial score (nSPS) is 16.4. The van der Waals surface area contributed by atoms with Gasteiger partial charge in [-0.1, -0.05) is 125 Å². The van der Waals surface area contributed by atoms with Crippen molar-refractivity contribution in [2.75, 3.05) is 65.4 Å². The van der Waals surface area contributed by atoms with Crippen molar-refractivity contribution < 1.29 is 120 Å². The highest BCUT2D eigenvalue weighted by atomic mass is 32.2. The number of phenols is 1. The molecule has 20 N–H and O–H groups in total. The molecule has 0 spiro atoms. The van der Waals surface area contributed by atoms with Gasteiger partial charge in [-0.15, -0.1) is 11.8 Å². The molecule has 8 rings (SSSR count). The molecule has 14 atom stereocenters. The summed E-state index contributed by atoms with van der Waals surface area (Å²) in [6.45, 7) is 3.14. The number of β-amino-alcohol motifs (C(OH)–C–C–N with tert-alkyl or cyclic N) is 2. The molecule has 2 saturated heterocycles. The number of aromatic hydroxyl groups is 1. The minimum Gasteiger partial charge on any atom is -0.508 e. The monoisotopic (exact) mass is 1930 g/mol. The zero-order chi connectivity index (χ0) is 101. The number of rotatable bonds is 54. The number of aliphatic hydroxyl groups excluding tert-OH is 2. The van der Waals surface area contributed by atoms with Crippen LogP contribution in [0.25, 0.3) is 10.9 Å². The number of ketones is 1. The van der Waals surface area contributed by atoms with Crippen LogP contribution in [0.2, 0.25) is 0 Å². The number of phenolic OH excluding ortho intramolecular Hbond substituents is 1. The van der Waals surface area contributed by atoms with E-state index in [-0.39, 0.29) is 76.6 Å². The molecule has 6 aromatic rings. The van der Waals surface area contributed by atoms with Crippen molar-refractivity contribution in [2.45, 2.75) is 202 Å². The van der Waals surface area contributed by atoms with Gasteiger partial charge >= 0.3 is 5.97 Å². The Kier molecular flexibility index (Phi) is 41.4. The number of carbonyl (C=O) groups is 18. The van der Waals surface area contributed by atoms with Crippen LogP contribution in [-0.2, 0) is 118 Å². The number of carbonyl (C=O) groups excluding carboxylic acids is 17. The van der Waals surface area contributed by atoms with Gasteiger partial charge in [0.15, 0.2) is 23.2 Å². The molecular formula is C93H119F3N18O22S. The Hall–Kier alpha value is -13.9. The van der Waals surface area contributed by atoms with E-state index >= 15 is 23.2 Å². The number of hydrogen-bond acceptors (Lipinski definition) is 23. The van der Waals surface area contributed by atoms with E-state index in [1.807, 2.05) is 0 Å². The maximum absolute atomic E-state index is 15.7. The molecule has 44 heteroatoms. The van der Waals surface area contributed by atoms with Crippen molar-refractivity contribution in [3.8, 4) is 5.75 Å². The predicted octanol–water partition coefficient (Wildman–Crippen LogP) is -1.42. The Morgan fingerprint density at radius 3 is 1.70 bits per heavy atom. The largest absolute Gasteiger partial charge is 0.508 e. The topological polar surface area (TPSA) is 606 Å². The van der Waals surface area contributed by atoms with E-state index in [0.717, 1.165) is 37.6 Å². The third kappa shape index (κ3) is 32.1. The van der Waals surface area contributed by atoms with E-state index in [1.54, 1.807) is 98.0 Å². The van der Waals surface area contributed by atoms with Gasteiger partial charge in [0.2, 0.25) is 95.0 Å². The number of aliphatic hydroxyl groups is 2. The first-order valence-corrected chi connectivity index (χ1v) is 45.7. The van der Waals surface area contributed by atoms with Crippen molar-refractivity contribution in [1.82, 2.24) is 77.3 Å². The van der Waals surface area contributed by atoms with Crippen molar-refractivity contribution in [2.24, 2.45) is 23.1 Å². The minimum absolute atomic E-state index is 0.0105. The number of nitrogens with one attached hydrogen (secondary N) is 10. The number of unbranched alkanes of at least 4 members (excludes halogenated alkanes) is 1. The summed E-state index contributed by atoms with van der Waals surface area (Å²) in [7, 11) is 3.64. The van der Waals surface area contributed by atoms with Gasteiger partial charge < -0.3 is 110 Å². The number of nitrogens with zero attached hydrogens (tertiary/aromatic N) is 5. The van der Waals surface area contributed by atoms with E-state index in [0.29, 0.717) is 59.0 Å². The molecule has 2 aliphatic rings. The maximum Gasteiger partial charge on any atom is 0.305 e. The number of likely N-dealkylation sites (tertiary alicyclic amines) is 2. The molecule has 0 saturated carbocycles. The number of para-hydroxylation sites is 1. The maximum atomic E-state index is 15.7. The molecule has 3 heterocycles. The predicted molar refractivity (Wildman–Crippen MR) is 491 cm³/mol. The molecule has 5 aromatic carbocycles. The molecule has 0 aliphatic carbocycles. The van der Waals surface area contributed by atoms with Crippen molar-refractivity contribution in [1.29, 1.82) is 0 Å². The van der Waals surface area contributed by atoms with Crippen LogP contribution in [0.1, 0.15) is 113 Å². The van der Waals surface area contributed by atoms with Crippen LogP contribution < -0.4 is 65.1 Å². The van der Waals surface area contributed by atoms with Gasteiger partial charge in [-0.05, 0) is 96.2 Å². The van der Waals surface area contributed by atoms with E-state index in [4.69, 9.17) is 17.2 Å². The summed E-state index contributed by atoms with van der Waals surface area (Å²) in [4.78, 5) is 261. The number of H-pyrrole nitrogens is 1. The summed E-state index contributed by atoms with van der Waals surface area (Å²) in [5.41, 5.74) is 18.6. The SMILES string of the molecule is CCCC[C@@H](C(=O)N1C[C@H](O)C[C@@H]1C(=O)N[C@@H](CC(=O)O)C(=O)N[C@H](C(=O)N(C)[C@@H](Cc1ccccc1)C(=O)CN[C@@H](CCC(N)=O)C(=O)N1CC[C@@H](O)C1)C(C)C)N(C)C(=O)[C@H](Cc1ccccc1)N(C)C(=O)[C@H](Cc1cc(F)c(F)c(F)c1)NC(=O)CSC[C@H](NC(=O)[C@H](CCC(N)=O)NC(=O)[C@H](Cc1ccc(O)cc1)NC(=O)[C@H](Cc1c[nH]c2ccccc12)NC=O)C(=O)NCC(N)=O. The number of hydrogen-bond donors (Lipinski definition) is 17. The van der Waals surface area contributed by atoms with Gasteiger partial charge in [-0.3, -0.25) is 91.6 Å². The van der Waals surface area contributed by atoms with Crippen LogP contribution in [0.4, 0.5) is 13.2 Å². The van der Waals surface area contributed by atoms with Crippen molar-refractivity contribution in [3.05, 3.63) is 173 Å². The van der Waals surface area contributed by atoms with Crippen LogP contribution in [-0.4, -0.2) is 307 Å². The minimum atomic E-state index is -2.01. The Bertz CT molecular complexity index is 5280. The number of primary amides is 3. The fourth-order valence-electron chi connectivity index (χ4n) is 16.0. The summed E-state index contributed by atoms with van der Waals surface area (Å²) in [5, 5.41) is 65.2. The average Bonchev–Trinajstić information content (AvgIpc) is 1.76. The lowest BCUT2D eigenvalue weighted by molar-refractivity contribution is -0.152. The molecule has 137 heavy (non-hydrogen) atoms. The third-order valence-electron chi connectivity index (χ3n) is 23.6. The number of benzene rings is 5. The first-order chi connectivity index (χ1) is 65.1. The number of fused-ring (bicyclic) bond motifs is 1. The lowest BCUT2D eigenvalue weighted by Crippen LogP contribution is -2.61. The number of thioether (sulfide) groups is 1. The van der Waals surface area contributed by atoms with Crippen LogP contribution in [0.3, 0.4) is 0 Å². The highest BCUT2D eigenvalue weighted by Crippen LogP contribution is 2.28. The van der Waals surface area contributed by atoms with Gasteiger partial charge in [-0.25, -0.2) is 13.2 Å². The van der Waals surface area contributed by atoms with Crippen LogP contribution in [0.15, 0.2) is 128 Å². The molecule has 0 unspecified atom stereocenters. The molecule has 1 aromatic heterocycles. The van der Waals surface area contributed by atoms with E-state index in [2.05, 4.69) is 52.8 Å². The molecule has 740 valence electrons. The summed E-state index contributed by atoms with van der Waals surface area (Å²) in [6, 6.07) is 10.9. The number of amides is 16. The van der Waals surface area contributed by atoms with Gasteiger partial charge in [0, 0.05) is 109 Å². The fourth-order valence-corrected chi connectivity index (χ4v) is 16.9. The second-order valence-corrected chi connectivity index (χ2v) is 35.2. The number of halogens is 3. The first kappa shape index (κ1) is 108. The highest BCUT2D eigenvalue weighted by molar-refractivity contribution is 8.00. The van der Waals surface area contributed by atoms with Crippen LogP contribution in [0.5, 0.6) is 5.75 Å². The van der Waals surface area contributed by atoms with Gasteiger partial charge in [-0.2, -0.15) is 0 Å². The zero-order valence-corrected chi connectivity index (χ0v) is 77.4. The Labute approximate surface area is 791 Å². The number of aliphatic carboxylic acids is 1. The number of Topliss-reactive ketones (excluding diaryl/α,β-unsaturated/α-hetero) is 1. The number of likely N-dealkylation sites (N-methyl/N-ethyl adjacent to an activating group) is 3. The Morgan fingerprint density at radius 2 is 1.11 bits per heavy atom. The number of aromatic amines is 1. The van der Waals surface area contributed by atoms with E-state index < -0.39 is 277 Å². The van der Waals surface area contributed by atoms with Crippen molar-refractivity contribution in [3.63, 3.8) is 0 Å². The van der Waals surface area contributed by atoms with Gasteiger partial charge in [0.05, 0.1) is 49.6 Å². The second-order valence-electron chi connectivity index (χ2n) is 34.2. The molecule has 2 aliphatic heterocycles. The summed E-state index contributed by atoms with van der Waals surface area (Å²) < 4.78 is 45.1. The smallest absolute Gasteiger partial charge is 0.305 e. The van der Waals surface area contributed by atoms with Crippen LogP contribution >= 0.6 is 11.8 Å². The third-order valence-corrected chi connectivity index (χ3v) is 24.6. The number of carboxylic acids is 1. The molecule has 0 radical (unpaired) electrons. The Balaban J connectivity index is 1.01. The second kappa shape index (κ2) is 52.3. The van der Waals surface area contributed by atoms with Gasteiger partial charge in [0.1, 0.15) is 66.2 Å². The lowest BCUT2D eigenvalue weighted by Gasteiger charge is -2.38. The fraction of sp³-hybridized carbons (Fsp3) is 0.462. The molecule has 2 fully saturated rings. The molecular weight excluding hydrogens is 1810 g/mol. The van der Waals surface area contributed by atoms with Crippen LogP contribution in [0, 0.1) is 23.4 Å². The Morgan fingerprint density at radius 1 is 0.555 bits per heavy atom. The molecule has 16 amide bonds. The van der Waals surface area contributed by atoms with E-state index in [9.17, 15) is 96.7 Å². The van der Waals surface area contributed by atoms with E-state index in [1.165, 1.54) is 57.1 Å². The summed E-state index contributed by atoms with van der Waals surface area (Å²) >= 11 is 0.596. The summed E-state index contributed by atoms with van der Waals surface area (Å²) in [5.74, 6) is -24.7. The number of carboxylic acid groups (broad SMARTS) is 1. The highest BCUT2D eigenvalue weighted by Gasteiger charge is 2.47.